The van der Waals surface area contributed by atoms with E-state index in [1.807, 2.05) is 0 Å². The van der Waals surface area contributed by atoms with Crippen molar-refractivity contribution in [3.05, 3.63) is 72.6 Å². The summed E-state index contributed by atoms with van der Waals surface area (Å²) in [6, 6.07) is 15.0. The van der Waals surface area contributed by atoms with Gasteiger partial charge >= 0.3 is 0 Å². The Morgan fingerprint density at radius 2 is 1.73 bits per heavy atom. The number of ether oxygens (including phenoxy) is 1. The minimum absolute atomic E-state index is 0.0998. The van der Waals surface area contributed by atoms with Crippen LogP contribution in [0.3, 0.4) is 0 Å². The Morgan fingerprint density at radius 3 is 2.45 bits per heavy atom. The van der Waals surface area contributed by atoms with Crippen molar-refractivity contribution in [2.45, 2.75) is 24.2 Å². The molecule has 33 heavy (non-hydrogen) atoms. The average Bonchev–Trinajstić information content (AvgIpc) is 2.85. The number of carbonyl (C=O) groups is 1. The molecule has 2 aromatic carbocycles. The number of pyridine rings is 1. The maximum atomic E-state index is 13.5. The maximum absolute atomic E-state index is 13.5. The predicted molar refractivity (Wildman–Crippen MR) is 128 cm³/mol. The lowest BCUT2D eigenvalue weighted by Gasteiger charge is -2.30. The van der Waals surface area contributed by atoms with Gasteiger partial charge in [0.2, 0.25) is 0 Å². The summed E-state index contributed by atoms with van der Waals surface area (Å²) in [4.78, 5) is 18.7. The smallest absolute Gasteiger partial charge is 0.264 e. The van der Waals surface area contributed by atoms with E-state index in [1.165, 1.54) is 25.6 Å². The molecule has 1 aliphatic rings. The summed E-state index contributed by atoms with van der Waals surface area (Å²) in [6.07, 6.45) is 6.18. The number of rotatable bonds is 7. The minimum Gasteiger partial charge on any atom is -0.495 e. The van der Waals surface area contributed by atoms with E-state index in [1.54, 1.807) is 48.5 Å². The second-order valence-electron chi connectivity index (χ2n) is 7.73. The van der Waals surface area contributed by atoms with Crippen LogP contribution in [0.2, 0.25) is 0 Å². The highest BCUT2D eigenvalue weighted by Gasteiger charge is 2.25. The van der Waals surface area contributed by atoms with Gasteiger partial charge in [-0.15, -0.1) is 0 Å². The number of aromatic nitrogens is 1. The third-order valence-corrected chi connectivity index (χ3v) is 6.89. The van der Waals surface area contributed by atoms with Crippen LogP contribution in [0.25, 0.3) is 0 Å². The predicted octanol–water partition coefficient (Wildman–Crippen LogP) is 4.13. The Morgan fingerprint density at radius 1 is 1.00 bits per heavy atom. The second kappa shape index (κ2) is 9.91. The van der Waals surface area contributed by atoms with E-state index in [2.05, 4.69) is 19.9 Å². The standard InChI is InChI=1S/C24H26N4O4S/c1-32-22-8-4-3-7-20(22)27-33(30,31)23-17-19(26-24(29)18-11-13-25-14-12-18)9-10-21(23)28-15-5-2-6-16-28/h3-4,7-14,17,27H,2,5-6,15-16H2,1H3,(H,26,29). The van der Waals surface area contributed by atoms with Crippen LogP contribution in [0.15, 0.2) is 71.9 Å². The third kappa shape index (κ3) is 5.25. The summed E-state index contributed by atoms with van der Waals surface area (Å²) in [6.45, 7) is 1.56. The molecule has 2 N–H and O–H groups in total. The molecule has 0 saturated carbocycles. The number of nitrogens with zero attached hydrogens (tertiary/aromatic N) is 2. The van der Waals surface area contributed by atoms with Gasteiger partial charge in [-0.1, -0.05) is 12.1 Å². The van der Waals surface area contributed by atoms with E-state index in [0.717, 1.165) is 32.4 Å². The number of methoxy groups -OCH3 is 1. The molecule has 172 valence electrons. The third-order valence-electron chi connectivity index (χ3n) is 5.50. The van der Waals surface area contributed by atoms with Gasteiger partial charge in [-0.3, -0.25) is 14.5 Å². The number of carbonyl (C=O) groups excluding carboxylic acids is 1. The van der Waals surface area contributed by atoms with Crippen molar-refractivity contribution in [1.82, 2.24) is 4.98 Å². The van der Waals surface area contributed by atoms with Gasteiger partial charge in [-0.05, 0) is 61.7 Å². The number of piperidine rings is 1. The van der Waals surface area contributed by atoms with Crippen LogP contribution in [0.1, 0.15) is 29.6 Å². The molecule has 3 aromatic rings. The number of hydrogen-bond donors (Lipinski definition) is 2. The first-order valence-electron chi connectivity index (χ1n) is 10.7. The quantitative estimate of drug-likeness (QED) is 0.543. The normalized spacial score (nSPS) is 13.9. The highest BCUT2D eigenvalue weighted by atomic mass is 32.2. The van der Waals surface area contributed by atoms with Gasteiger partial charge in [0.15, 0.2) is 0 Å². The van der Waals surface area contributed by atoms with Crippen LogP contribution >= 0.6 is 0 Å². The zero-order valence-corrected chi connectivity index (χ0v) is 19.1. The molecule has 9 heteroatoms. The Labute approximate surface area is 193 Å². The summed E-state index contributed by atoms with van der Waals surface area (Å²) in [5.74, 6) is 0.0758. The van der Waals surface area contributed by atoms with Crippen molar-refractivity contribution >= 4 is 33.0 Å². The number of amides is 1. The van der Waals surface area contributed by atoms with E-state index in [4.69, 9.17) is 4.74 Å². The zero-order chi connectivity index (χ0) is 23.3. The summed E-state index contributed by atoms with van der Waals surface area (Å²) in [5.41, 5.74) is 1.77. The average molecular weight is 467 g/mol. The molecule has 0 spiro atoms. The molecule has 0 atom stereocenters. The summed E-state index contributed by atoms with van der Waals surface area (Å²) in [5, 5.41) is 2.79. The molecule has 1 amide bonds. The van der Waals surface area contributed by atoms with Crippen molar-refractivity contribution in [3.63, 3.8) is 0 Å². The molecular formula is C24H26N4O4S. The van der Waals surface area contributed by atoms with Crippen LogP contribution in [0, 0.1) is 0 Å². The number of para-hydroxylation sites is 2. The molecule has 0 radical (unpaired) electrons. The van der Waals surface area contributed by atoms with Gasteiger partial charge in [0, 0.05) is 36.7 Å². The van der Waals surface area contributed by atoms with Crippen molar-refractivity contribution in [2.75, 3.05) is 35.1 Å². The molecular weight excluding hydrogens is 440 g/mol. The maximum Gasteiger partial charge on any atom is 0.264 e. The Kier molecular flexibility index (Phi) is 6.79. The van der Waals surface area contributed by atoms with E-state index in [-0.39, 0.29) is 10.8 Å². The molecule has 1 saturated heterocycles. The van der Waals surface area contributed by atoms with Crippen molar-refractivity contribution in [1.29, 1.82) is 0 Å². The first kappa shape index (κ1) is 22.6. The fourth-order valence-electron chi connectivity index (χ4n) is 3.84. The monoisotopic (exact) mass is 466 g/mol. The summed E-state index contributed by atoms with van der Waals surface area (Å²) in [7, 11) is -2.49. The molecule has 4 rings (SSSR count). The summed E-state index contributed by atoms with van der Waals surface area (Å²) >= 11 is 0. The van der Waals surface area contributed by atoms with E-state index < -0.39 is 10.0 Å². The zero-order valence-electron chi connectivity index (χ0n) is 18.3. The van der Waals surface area contributed by atoms with E-state index in [9.17, 15) is 13.2 Å². The lowest BCUT2D eigenvalue weighted by atomic mass is 10.1. The summed E-state index contributed by atoms with van der Waals surface area (Å²) < 4.78 is 35.0. The number of hydrogen-bond acceptors (Lipinski definition) is 6. The molecule has 1 aromatic heterocycles. The molecule has 8 nitrogen and oxygen atoms in total. The lowest BCUT2D eigenvalue weighted by molar-refractivity contribution is 0.102. The van der Waals surface area contributed by atoms with Gasteiger partial charge in [0.1, 0.15) is 10.6 Å². The minimum atomic E-state index is -3.98. The number of nitrogens with one attached hydrogen (secondary N) is 2. The molecule has 1 aliphatic heterocycles. The van der Waals surface area contributed by atoms with Crippen LogP contribution < -0.4 is 19.7 Å². The lowest BCUT2D eigenvalue weighted by Crippen LogP contribution is -2.31. The number of anilines is 3. The van der Waals surface area contributed by atoms with Gasteiger partial charge in [-0.2, -0.15) is 0 Å². The first-order chi connectivity index (χ1) is 16.0. The fraction of sp³-hybridized carbons (Fsp3) is 0.250. The first-order valence-corrected chi connectivity index (χ1v) is 12.2. The SMILES string of the molecule is COc1ccccc1NS(=O)(=O)c1cc(NC(=O)c2ccncc2)ccc1N1CCCCC1. The largest absolute Gasteiger partial charge is 0.495 e. The Hall–Kier alpha value is -3.59. The number of sulfonamides is 1. The topological polar surface area (TPSA) is 101 Å². The highest BCUT2D eigenvalue weighted by molar-refractivity contribution is 7.93. The Balaban J connectivity index is 1.71. The molecule has 0 aliphatic carbocycles. The van der Waals surface area contributed by atoms with Crippen molar-refractivity contribution in [3.8, 4) is 5.75 Å². The van der Waals surface area contributed by atoms with Crippen LogP contribution in [-0.4, -0.2) is 39.5 Å². The molecule has 0 bridgehead atoms. The van der Waals surface area contributed by atoms with Gasteiger partial charge < -0.3 is 15.0 Å². The van der Waals surface area contributed by atoms with Gasteiger partial charge in [-0.25, -0.2) is 8.42 Å². The van der Waals surface area contributed by atoms with Crippen LogP contribution in [0.5, 0.6) is 5.75 Å². The second-order valence-corrected chi connectivity index (χ2v) is 9.38. The van der Waals surface area contributed by atoms with Crippen LogP contribution in [0.4, 0.5) is 17.1 Å². The van der Waals surface area contributed by atoms with E-state index in [0.29, 0.717) is 28.4 Å². The number of benzene rings is 2. The highest BCUT2D eigenvalue weighted by Crippen LogP contribution is 2.33. The Bertz CT molecular complexity index is 1230. The molecule has 0 unspecified atom stereocenters. The van der Waals surface area contributed by atoms with Crippen molar-refractivity contribution in [2.24, 2.45) is 0 Å². The van der Waals surface area contributed by atoms with Gasteiger partial charge in [0.05, 0.1) is 18.5 Å². The van der Waals surface area contributed by atoms with Crippen LogP contribution in [-0.2, 0) is 10.0 Å². The van der Waals surface area contributed by atoms with Gasteiger partial charge in [0.25, 0.3) is 15.9 Å². The fourth-order valence-corrected chi connectivity index (χ4v) is 5.16. The van der Waals surface area contributed by atoms with E-state index >= 15 is 0 Å². The molecule has 1 fully saturated rings. The molecule has 2 heterocycles. The van der Waals surface area contributed by atoms with Crippen molar-refractivity contribution < 1.29 is 17.9 Å².